The summed E-state index contributed by atoms with van der Waals surface area (Å²) in [5, 5.41) is 0. The second kappa shape index (κ2) is 67.1. The lowest BCUT2D eigenvalue weighted by molar-refractivity contribution is -0.167. The third kappa shape index (κ3) is 65.3. The molecule has 0 heterocycles. The fourth-order valence-electron chi connectivity index (χ4n) is 9.76. The summed E-state index contributed by atoms with van der Waals surface area (Å²) in [4.78, 5) is 38.4. The van der Waals surface area contributed by atoms with Crippen LogP contribution in [0.2, 0.25) is 0 Å². The molecule has 0 radical (unpaired) electrons. The number of hydrogen-bond donors (Lipinski definition) is 0. The number of allylic oxidation sites excluding steroid dienone is 14. The Morgan fingerprint density at radius 2 is 0.494 bits per heavy atom. The molecule has 0 saturated heterocycles. The van der Waals surface area contributed by atoms with E-state index in [2.05, 4.69) is 106 Å². The molecule has 6 nitrogen and oxygen atoms in total. The van der Waals surface area contributed by atoms with Gasteiger partial charge < -0.3 is 14.2 Å². The zero-order valence-corrected chi connectivity index (χ0v) is 52.4. The van der Waals surface area contributed by atoms with E-state index in [0.717, 1.165) is 96.3 Å². The van der Waals surface area contributed by atoms with Gasteiger partial charge in [-0.2, -0.15) is 0 Å². The van der Waals surface area contributed by atoms with Gasteiger partial charge in [-0.1, -0.05) is 292 Å². The SMILES string of the molecule is CC/C=C\C/C=C\C/C=C\C/C=C\C/C=C\CCCCCCCCCC(=O)OCC(COC(=O)CCCCCCCCC/C=C\CCCCCCCC)OC(=O)CCCCCCCCCCC/C=C\CCCCCCCCCC. The molecule has 0 aromatic rings. The van der Waals surface area contributed by atoms with Gasteiger partial charge in [-0.3, -0.25) is 14.4 Å². The van der Waals surface area contributed by atoms with E-state index >= 15 is 0 Å². The molecule has 0 aliphatic heterocycles. The molecule has 0 N–H and O–H groups in total. The summed E-state index contributed by atoms with van der Waals surface area (Å²) in [6.45, 7) is 6.55. The van der Waals surface area contributed by atoms with Crippen LogP contribution in [0.25, 0.3) is 0 Å². The van der Waals surface area contributed by atoms with Crippen molar-refractivity contribution in [3.05, 3.63) is 85.1 Å². The molecule has 0 saturated carbocycles. The number of unbranched alkanes of at least 4 members (excludes halogenated alkanes) is 37. The first-order valence-corrected chi connectivity index (χ1v) is 34.1. The normalized spacial score (nSPS) is 12.6. The Kier molecular flexibility index (Phi) is 64.2. The van der Waals surface area contributed by atoms with Gasteiger partial charge in [0.2, 0.25) is 0 Å². The summed E-state index contributed by atoms with van der Waals surface area (Å²) in [5.41, 5.74) is 0. The quantitative estimate of drug-likeness (QED) is 0.0261. The van der Waals surface area contributed by atoms with Crippen LogP contribution in [0.4, 0.5) is 0 Å². The van der Waals surface area contributed by atoms with E-state index in [1.165, 1.54) is 205 Å². The summed E-state index contributed by atoms with van der Waals surface area (Å²) in [6.07, 6.45) is 88.7. The predicted molar refractivity (Wildman–Crippen MR) is 344 cm³/mol. The van der Waals surface area contributed by atoms with Gasteiger partial charge in [0.05, 0.1) is 0 Å². The van der Waals surface area contributed by atoms with E-state index in [9.17, 15) is 14.4 Å². The highest BCUT2D eigenvalue weighted by molar-refractivity contribution is 5.71. The minimum absolute atomic E-state index is 0.0814. The lowest BCUT2D eigenvalue weighted by Crippen LogP contribution is -2.30. The molecule has 1 atom stereocenters. The van der Waals surface area contributed by atoms with Crippen molar-refractivity contribution in [2.45, 2.75) is 348 Å². The van der Waals surface area contributed by atoms with Crippen LogP contribution < -0.4 is 0 Å². The maximum Gasteiger partial charge on any atom is 0.306 e. The Hall–Kier alpha value is -3.41. The standard InChI is InChI=1S/C73H128O6/c1-4-7-10-13-16-19-22-25-28-31-33-35-36-38-39-42-45-48-51-54-57-60-63-66-72(75)78-69-70(68-77-71(74)65-62-59-56-53-50-47-44-41-30-27-24-21-18-15-12-9-6-3)79-73(76)67-64-61-58-55-52-49-46-43-40-37-34-32-29-26-23-20-17-14-11-8-5-2/h7,10,16,19,25,27-28,30,32-35,38-39,70H,4-6,8-9,11-15,17-18,20-24,26,29,31,36-37,40-69H2,1-3H3/b10-7-,19-16-,28-25-,30-27-,34-32-,35-33-,39-38-. The fourth-order valence-corrected chi connectivity index (χ4v) is 9.76. The van der Waals surface area contributed by atoms with Crippen LogP contribution in [0, 0.1) is 0 Å². The Morgan fingerprint density at radius 1 is 0.266 bits per heavy atom. The van der Waals surface area contributed by atoms with E-state index < -0.39 is 6.10 Å². The maximum atomic E-state index is 13.0. The summed E-state index contributed by atoms with van der Waals surface area (Å²) in [6, 6.07) is 0. The predicted octanol–water partition coefficient (Wildman–Crippen LogP) is 23.4. The van der Waals surface area contributed by atoms with Gasteiger partial charge in [-0.25, -0.2) is 0 Å². The van der Waals surface area contributed by atoms with E-state index in [4.69, 9.17) is 14.2 Å². The number of carbonyl (C=O) groups excluding carboxylic acids is 3. The second-order valence-corrected chi connectivity index (χ2v) is 22.7. The number of carbonyl (C=O) groups is 3. The molecule has 456 valence electrons. The largest absolute Gasteiger partial charge is 0.462 e. The monoisotopic (exact) mass is 1100 g/mol. The first-order valence-electron chi connectivity index (χ1n) is 34.1. The Bertz CT molecular complexity index is 1500. The first kappa shape index (κ1) is 75.6. The fraction of sp³-hybridized carbons (Fsp3) is 0.767. The molecule has 0 fully saturated rings. The van der Waals surface area contributed by atoms with Crippen molar-refractivity contribution in [1.29, 1.82) is 0 Å². The van der Waals surface area contributed by atoms with Crippen LogP contribution in [0.15, 0.2) is 85.1 Å². The molecule has 79 heavy (non-hydrogen) atoms. The van der Waals surface area contributed by atoms with Crippen molar-refractivity contribution in [1.82, 2.24) is 0 Å². The van der Waals surface area contributed by atoms with Gasteiger partial charge >= 0.3 is 17.9 Å². The number of hydrogen-bond acceptors (Lipinski definition) is 6. The van der Waals surface area contributed by atoms with E-state index in [0.29, 0.717) is 19.3 Å². The molecular formula is C73H128O6. The first-order chi connectivity index (χ1) is 39.0. The average molecular weight is 1100 g/mol. The van der Waals surface area contributed by atoms with Crippen molar-refractivity contribution >= 4 is 17.9 Å². The number of ether oxygens (including phenoxy) is 3. The van der Waals surface area contributed by atoms with Crippen molar-refractivity contribution in [2.75, 3.05) is 13.2 Å². The summed E-state index contributed by atoms with van der Waals surface area (Å²) >= 11 is 0. The van der Waals surface area contributed by atoms with Gasteiger partial charge in [0.25, 0.3) is 0 Å². The molecule has 0 bridgehead atoms. The Labute approximate surface area is 490 Å². The molecule has 0 aliphatic rings. The topological polar surface area (TPSA) is 78.9 Å². The van der Waals surface area contributed by atoms with Crippen LogP contribution >= 0.6 is 0 Å². The highest BCUT2D eigenvalue weighted by Gasteiger charge is 2.19. The van der Waals surface area contributed by atoms with Gasteiger partial charge in [0.15, 0.2) is 6.10 Å². The van der Waals surface area contributed by atoms with Crippen LogP contribution in [-0.2, 0) is 28.6 Å². The van der Waals surface area contributed by atoms with E-state index in [-0.39, 0.29) is 31.1 Å². The van der Waals surface area contributed by atoms with E-state index in [1.807, 2.05) is 0 Å². The molecule has 1 unspecified atom stereocenters. The molecule has 0 rings (SSSR count). The van der Waals surface area contributed by atoms with Gasteiger partial charge in [0, 0.05) is 19.3 Å². The third-order valence-corrected chi connectivity index (χ3v) is 14.9. The second-order valence-electron chi connectivity index (χ2n) is 22.7. The number of esters is 3. The van der Waals surface area contributed by atoms with Crippen molar-refractivity contribution < 1.29 is 28.6 Å². The Morgan fingerprint density at radius 3 is 0.785 bits per heavy atom. The average Bonchev–Trinajstić information content (AvgIpc) is 3.45. The van der Waals surface area contributed by atoms with Crippen LogP contribution in [0.1, 0.15) is 342 Å². The molecule has 0 aliphatic carbocycles. The highest BCUT2D eigenvalue weighted by Crippen LogP contribution is 2.17. The highest BCUT2D eigenvalue weighted by atomic mass is 16.6. The zero-order valence-electron chi connectivity index (χ0n) is 52.4. The minimum Gasteiger partial charge on any atom is -0.462 e. The molecular weight excluding hydrogens is 973 g/mol. The van der Waals surface area contributed by atoms with Crippen molar-refractivity contribution in [3.8, 4) is 0 Å². The van der Waals surface area contributed by atoms with Crippen molar-refractivity contribution in [2.24, 2.45) is 0 Å². The van der Waals surface area contributed by atoms with E-state index in [1.54, 1.807) is 0 Å². The minimum atomic E-state index is -0.786. The van der Waals surface area contributed by atoms with Crippen LogP contribution in [0.3, 0.4) is 0 Å². The maximum absolute atomic E-state index is 13.0. The summed E-state index contributed by atoms with van der Waals surface area (Å²) < 4.78 is 17.0. The smallest absolute Gasteiger partial charge is 0.306 e. The molecule has 0 spiro atoms. The van der Waals surface area contributed by atoms with Crippen molar-refractivity contribution in [3.63, 3.8) is 0 Å². The zero-order chi connectivity index (χ0) is 57.1. The third-order valence-electron chi connectivity index (χ3n) is 14.9. The van der Waals surface area contributed by atoms with Gasteiger partial charge in [-0.15, -0.1) is 0 Å². The van der Waals surface area contributed by atoms with Gasteiger partial charge in [0.1, 0.15) is 13.2 Å². The lowest BCUT2D eigenvalue weighted by Gasteiger charge is -2.18. The number of rotatable bonds is 62. The molecule has 0 aromatic carbocycles. The molecule has 0 aromatic heterocycles. The van der Waals surface area contributed by atoms with Crippen LogP contribution in [0.5, 0.6) is 0 Å². The molecule has 6 heteroatoms. The van der Waals surface area contributed by atoms with Crippen LogP contribution in [-0.4, -0.2) is 37.2 Å². The van der Waals surface area contributed by atoms with Gasteiger partial charge in [-0.05, 0) is 116 Å². The lowest BCUT2D eigenvalue weighted by atomic mass is 10.1. The Balaban J connectivity index is 4.39. The molecule has 0 amide bonds. The summed E-state index contributed by atoms with van der Waals surface area (Å²) in [5.74, 6) is -0.882. The summed E-state index contributed by atoms with van der Waals surface area (Å²) in [7, 11) is 0.